The summed E-state index contributed by atoms with van der Waals surface area (Å²) in [6.07, 6.45) is 0. The van der Waals surface area contributed by atoms with Gasteiger partial charge in [-0.1, -0.05) is 12.1 Å². The molecule has 0 bridgehead atoms. The summed E-state index contributed by atoms with van der Waals surface area (Å²) in [5.74, 6) is -0.119. The molecule has 0 heterocycles. The number of hydrogen-bond donors (Lipinski definition) is 1. The van der Waals surface area contributed by atoms with Gasteiger partial charge in [-0.25, -0.2) is 4.39 Å². The predicted molar refractivity (Wildman–Crippen MR) is 79.4 cm³/mol. The van der Waals surface area contributed by atoms with Crippen LogP contribution in [-0.2, 0) is 0 Å². The predicted octanol–water partition coefficient (Wildman–Crippen LogP) is 3.40. The highest BCUT2D eigenvalue weighted by atomic mass is 32.1. The normalized spacial score (nSPS) is 10.2. The van der Waals surface area contributed by atoms with E-state index in [9.17, 15) is 9.18 Å². The molecule has 0 fully saturated rings. The summed E-state index contributed by atoms with van der Waals surface area (Å²) in [4.78, 5) is 14.0. The third-order valence-corrected chi connectivity index (χ3v) is 3.29. The van der Waals surface area contributed by atoms with E-state index in [1.165, 1.54) is 23.1 Å². The van der Waals surface area contributed by atoms with Crippen LogP contribution in [-0.4, -0.2) is 20.1 Å². The summed E-state index contributed by atoms with van der Waals surface area (Å²) >= 11 is 3.99. The van der Waals surface area contributed by atoms with E-state index in [-0.39, 0.29) is 10.8 Å². The third-order valence-electron chi connectivity index (χ3n) is 2.94. The molecule has 2 aromatic carbocycles. The highest BCUT2D eigenvalue weighted by Crippen LogP contribution is 2.28. The lowest BCUT2D eigenvalue weighted by Gasteiger charge is -2.20. The number of para-hydroxylation sites is 2. The minimum Gasteiger partial charge on any atom is -0.495 e. The Balaban J connectivity index is 2.34. The Hall–Kier alpha value is -2.01. The zero-order valence-electron chi connectivity index (χ0n) is 11.1. The summed E-state index contributed by atoms with van der Waals surface area (Å²) in [5, 5.41) is 0. The number of hydrogen-bond acceptors (Lipinski definition) is 3. The molecule has 0 saturated carbocycles. The van der Waals surface area contributed by atoms with Gasteiger partial charge in [-0.3, -0.25) is 4.79 Å². The summed E-state index contributed by atoms with van der Waals surface area (Å²) in [6, 6.07) is 11.3. The van der Waals surface area contributed by atoms with Gasteiger partial charge in [0.25, 0.3) is 5.91 Å². The first-order chi connectivity index (χ1) is 9.54. The lowest BCUT2D eigenvalue weighted by Crippen LogP contribution is -2.26. The molecule has 0 aliphatic rings. The Kier molecular flexibility index (Phi) is 4.29. The maximum absolute atomic E-state index is 13.2. The monoisotopic (exact) mass is 291 g/mol. The van der Waals surface area contributed by atoms with Crippen LogP contribution in [0.1, 0.15) is 10.4 Å². The number of carbonyl (C=O) groups excluding carboxylic acids is 1. The van der Waals surface area contributed by atoms with Gasteiger partial charge in [-0.05, 0) is 30.3 Å². The van der Waals surface area contributed by atoms with Gasteiger partial charge in [0.05, 0.1) is 12.8 Å². The molecule has 0 atom stereocenters. The average Bonchev–Trinajstić information content (AvgIpc) is 2.48. The average molecular weight is 291 g/mol. The molecule has 0 saturated heterocycles. The number of halogens is 1. The molecular formula is C15H14FNO2S. The molecule has 0 N–H and O–H groups in total. The fourth-order valence-corrected chi connectivity index (χ4v) is 2.07. The van der Waals surface area contributed by atoms with Gasteiger partial charge in [-0.15, -0.1) is 12.6 Å². The Morgan fingerprint density at radius 1 is 1.25 bits per heavy atom. The molecule has 2 rings (SSSR count). The van der Waals surface area contributed by atoms with Crippen LogP contribution < -0.4 is 9.64 Å². The number of rotatable bonds is 3. The van der Waals surface area contributed by atoms with Crippen LogP contribution in [0.2, 0.25) is 0 Å². The van der Waals surface area contributed by atoms with Crippen molar-refractivity contribution in [2.24, 2.45) is 0 Å². The first-order valence-corrected chi connectivity index (χ1v) is 6.39. The second-order valence-electron chi connectivity index (χ2n) is 4.20. The maximum atomic E-state index is 13.2. The number of thiol groups is 1. The zero-order valence-corrected chi connectivity index (χ0v) is 12.0. The molecule has 2 aromatic rings. The van der Waals surface area contributed by atoms with Crippen LogP contribution >= 0.6 is 12.6 Å². The molecule has 0 radical (unpaired) electrons. The lowest BCUT2D eigenvalue weighted by atomic mass is 10.1. The molecule has 3 nitrogen and oxygen atoms in total. The number of ether oxygens (including phenoxy) is 1. The van der Waals surface area contributed by atoms with E-state index in [0.29, 0.717) is 17.0 Å². The van der Waals surface area contributed by atoms with E-state index >= 15 is 0 Å². The molecule has 0 aliphatic carbocycles. The topological polar surface area (TPSA) is 29.5 Å². The van der Waals surface area contributed by atoms with E-state index in [2.05, 4.69) is 12.6 Å². The van der Waals surface area contributed by atoms with Crippen molar-refractivity contribution in [3.8, 4) is 5.75 Å². The Morgan fingerprint density at radius 3 is 2.60 bits per heavy atom. The Morgan fingerprint density at radius 2 is 1.95 bits per heavy atom. The van der Waals surface area contributed by atoms with E-state index in [1.54, 1.807) is 26.3 Å². The van der Waals surface area contributed by atoms with Gasteiger partial charge in [0.1, 0.15) is 11.6 Å². The molecule has 0 aliphatic heterocycles. The van der Waals surface area contributed by atoms with Crippen molar-refractivity contribution in [2.45, 2.75) is 4.90 Å². The van der Waals surface area contributed by atoms with Crippen LogP contribution in [0.5, 0.6) is 5.75 Å². The highest BCUT2D eigenvalue weighted by Gasteiger charge is 2.17. The number of carbonyl (C=O) groups is 1. The fourth-order valence-electron chi connectivity index (χ4n) is 1.86. The van der Waals surface area contributed by atoms with Crippen molar-refractivity contribution in [3.05, 3.63) is 53.8 Å². The van der Waals surface area contributed by atoms with Crippen molar-refractivity contribution in [2.75, 3.05) is 19.1 Å². The van der Waals surface area contributed by atoms with Crippen molar-refractivity contribution < 1.29 is 13.9 Å². The van der Waals surface area contributed by atoms with E-state index < -0.39 is 5.82 Å². The van der Waals surface area contributed by atoms with Crippen molar-refractivity contribution in [3.63, 3.8) is 0 Å². The van der Waals surface area contributed by atoms with Gasteiger partial charge in [0, 0.05) is 17.5 Å². The number of benzene rings is 2. The summed E-state index contributed by atoms with van der Waals surface area (Å²) in [6.45, 7) is 0. The SMILES string of the molecule is COc1ccccc1N(C)C(=O)c1ccc(F)c(S)c1. The summed E-state index contributed by atoms with van der Waals surface area (Å²) in [7, 11) is 3.18. The number of nitrogens with zero attached hydrogens (tertiary/aromatic N) is 1. The minimum atomic E-state index is -0.454. The molecule has 0 spiro atoms. The minimum absolute atomic E-state index is 0.143. The van der Waals surface area contributed by atoms with Gasteiger partial charge < -0.3 is 9.64 Å². The van der Waals surface area contributed by atoms with Crippen molar-refractivity contribution in [1.29, 1.82) is 0 Å². The second-order valence-corrected chi connectivity index (χ2v) is 4.68. The van der Waals surface area contributed by atoms with E-state index in [0.717, 1.165) is 0 Å². The van der Waals surface area contributed by atoms with Crippen LogP contribution in [0.3, 0.4) is 0 Å². The zero-order chi connectivity index (χ0) is 14.7. The molecular weight excluding hydrogens is 277 g/mol. The fraction of sp³-hybridized carbons (Fsp3) is 0.133. The second kappa shape index (κ2) is 5.96. The Bertz CT molecular complexity index is 646. The van der Waals surface area contributed by atoms with E-state index in [1.807, 2.05) is 12.1 Å². The largest absolute Gasteiger partial charge is 0.495 e. The quantitative estimate of drug-likeness (QED) is 0.878. The van der Waals surface area contributed by atoms with Crippen LogP contribution in [0.15, 0.2) is 47.4 Å². The molecule has 0 unspecified atom stereocenters. The van der Waals surface area contributed by atoms with Gasteiger partial charge >= 0.3 is 0 Å². The van der Waals surface area contributed by atoms with Crippen LogP contribution in [0.25, 0.3) is 0 Å². The molecule has 1 amide bonds. The van der Waals surface area contributed by atoms with Crippen LogP contribution in [0, 0.1) is 5.82 Å². The Labute approximate surface area is 122 Å². The first kappa shape index (κ1) is 14.4. The van der Waals surface area contributed by atoms with Crippen LogP contribution in [0.4, 0.5) is 10.1 Å². The number of methoxy groups -OCH3 is 1. The smallest absolute Gasteiger partial charge is 0.258 e. The van der Waals surface area contributed by atoms with Gasteiger partial charge in [0.15, 0.2) is 0 Å². The summed E-state index contributed by atoms with van der Waals surface area (Å²) < 4.78 is 18.4. The standard InChI is InChI=1S/C15H14FNO2S/c1-17(12-5-3-4-6-13(12)19-2)15(18)10-7-8-11(16)14(20)9-10/h3-9,20H,1-2H3. The number of anilines is 1. The molecule has 0 aromatic heterocycles. The third kappa shape index (κ3) is 2.77. The highest BCUT2D eigenvalue weighted by molar-refractivity contribution is 7.80. The molecule has 104 valence electrons. The van der Waals surface area contributed by atoms with Gasteiger partial charge in [-0.2, -0.15) is 0 Å². The van der Waals surface area contributed by atoms with E-state index in [4.69, 9.17) is 4.74 Å². The first-order valence-electron chi connectivity index (χ1n) is 5.94. The summed E-state index contributed by atoms with van der Waals surface area (Å²) in [5.41, 5.74) is 1.01. The maximum Gasteiger partial charge on any atom is 0.258 e. The number of amides is 1. The van der Waals surface area contributed by atoms with Crippen molar-refractivity contribution in [1.82, 2.24) is 0 Å². The lowest BCUT2D eigenvalue weighted by molar-refractivity contribution is 0.0992. The van der Waals surface area contributed by atoms with Crippen molar-refractivity contribution >= 4 is 24.2 Å². The van der Waals surface area contributed by atoms with Gasteiger partial charge in [0.2, 0.25) is 0 Å². The molecule has 5 heteroatoms. The molecule has 20 heavy (non-hydrogen) atoms.